The number of halogens is 1. The van der Waals surface area contributed by atoms with E-state index in [4.69, 9.17) is 10.3 Å². The minimum Gasteiger partial charge on any atom is -0.370 e. The Labute approximate surface area is 154 Å². The van der Waals surface area contributed by atoms with Gasteiger partial charge >= 0.3 is 0 Å². The number of aliphatic imine (C=N–C) groups is 1. The van der Waals surface area contributed by atoms with Crippen molar-refractivity contribution in [2.45, 2.75) is 32.6 Å². The van der Waals surface area contributed by atoms with E-state index >= 15 is 0 Å². The average molecular weight is 429 g/mol. The maximum atomic E-state index is 5.81. The molecule has 1 aromatic carbocycles. The summed E-state index contributed by atoms with van der Waals surface area (Å²) < 4.78 is 5.32. The summed E-state index contributed by atoms with van der Waals surface area (Å²) in [4.78, 5) is 8.74. The van der Waals surface area contributed by atoms with Crippen LogP contribution in [0.5, 0.6) is 0 Å². The maximum absolute atomic E-state index is 5.81. The monoisotopic (exact) mass is 429 g/mol. The highest BCUT2D eigenvalue weighted by Gasteiger charge is 2.14. The molecule has 0 aliphatic rings. The van der Waals surface area contributed by atoms with Gasteiger partial charge in [0.25, 0.3) is 0 Å². The molecule has 1 atom stereocenters. The predicted molar refractivity (Wildman–Crippen MR) is 103 cm³/mol. The largest absolute Gasteiger partial charge is 0.370 e. The molecule has 126 valence electrons. The predicted octanol–water partition coefficient (Wildman–Crippen LogP) is 3.16. The molecule has 0 aliphatic carbocycles. The fraction of sp³-hybridized carbons (Fsp3) is 0.438. The van der Waals surface area contributed by atoms with Crippen molar-refractivity contribution >= 4 is 29.9 Å². The van der Waals surface area contributed by atoms with Crippen LogP contribution in [0.1, 0.15) is 38.5 Å². The van der Waals surface area contributed by atoms with Gasteiger partial charge in [-0.3, -0.25) is 4.99 Å². The molecular weight excluding hydrogens is 405 g/mol. The highest BCUT2D eigenvalue weighted by atomic mass is 127. The van der Waals surface area contributed by atoms with Crippen LogP contribution in [-0.2, 0) is 0 Å². The lowest BCUT2D eigenvalue weighted by Gasteiger charge is -2.06. The Bertz CT molecular complexity index is 600. The number of hydrogen-bond acceptors (Lipinski definition) is 4. The zero-order valence-electron chi connectivity index (χ0n) is 13.5. The molecule has 23 heavy (non-hydrogen) atoms. The van der Waals surface area contributed by atoms with E-state index in [1.54, 1.807) is 0 Å². The number of unbranched alkanes of at least 4 members (excludes halogenated alkanes) is 1. The third kappa shape index (κ3) is 6.17. The van der Waals surface area contributed by atoms with Crippen LogP contribution in [0.25, 0.3) is 11.4 Å². The Hall–Kier alpha value is -1.64. The first-order valence-electron chi connectivity index (χ1n) is 7.63. The lowest BCUT2D eigenvalue weighted by molar-refractivity contribution is 0.361. The van der Waals surface area contributed by atoms with Crippen molar-refractivity contribution in [2.75, 3.05) is 13.1 Å². The van der Waals surface area contributed by atoms with Crippen molar-refractivity contribution in [3.63, 3.8) is 0 Å². The standard InChI is InChI=1S/C16H23N5O.HI/c1-3-4-10-18-16(17)19-11-12(2)15-20-14(21-22-15)13-8-6-5-7-9-13;/h5-9,12H,3-4,10-11H2,1-2H3,(H3,17,18,19);1H. The molecule has 0 aliphatic heterocycles. The van der Waals surface area contributed by atoms with Gasteiger partial charge in [0, 0.05) is 12.1 Å². The molecule has 6 nitrogen and oxygen atoms in total. The minimum atomic E-state index is 0. The first-order chi connectivity index (χ1) is 10.7. The van der Waals surface area contributed by atoms with Crippen LogP contribution in [-0.4, -0.2) is 29.2 Å². The lowest BCUT2D eigenvalue weighted by Crippen LogP contribution is -2.32. The van der Waals surface area contributed by atoms with Crippen molar-refractivity contribution in [1.82, 2.24) is 15.5 Å². The molecule has 0 radical (unpaired) electrons. The van der Waals surface area contributed by atoms with Gasteiger partial charge in [-0.05, 0) is 6.42 Å². The van der Waals surface area contributed by atoms with Gasteiger partial charge in [-0.1, -0.05) is 55.8 Å². The average Bonchev–Trinajstić information content (AvgIpc) is 3.04. The number of nitrogens with two attached hydrogens (primary N) is 1. The van der Waals surface area contributed by atoms with Crippen molar-refractivity contribution in [3.05, 3.63) is 36.2 Å². The second-order valence-corrected chi connectivity index (χ2v) is 5.23. The fourth-order valence-electron chi connectivity index (χ4n) is 1.90. The molecule has 0 bridgehead atoms. The summed E-state index contributed by atoms with van der Waals surface area (Å²) in [5.41, 5.74) is 6.75. The number of nitrogens with one attached hydrogen (secondary N) is 1. The second kappa shape index (κ2) is 10.2. The van der Waals surface area contributed by atoms with E-state index in [1.165, 1.54) is 0 Å². The van der Waals surface area contributed by atoms with E-state index in [9.17, 15) is 0 Å². The van der Waals surface area contributed by atoms with Crippen LogP contribution >= 0.6 is 24.0 Å². The number of nitrogens with zero attached hydrogens (tertiary/aromatic N) is 3. The maximum Gasteiger partial charge on any atom is 0.231 e. The van der Waals surface area contributed by atoms with E-state index in [2.05, 4.69) is 27.4 Å². The summed E-state index contributed by atoms with van der Waals surface area (Å²) in [5, 5.41) is 7.10. The molecule has 0 amide bonds. The lowest BCUT2D eigenvalue weighted by atomic mass is 10.2. The van der Waals surface area contributed by atoms with E-state index < -0.39 is 0 Å². The van der Waals surface area contributed by atoms with Gasteiger partial charge in [0.05, 0.1) is 12.5 Å². The second-order valence-electron chi connectivity index (χ2n) is 5.23. The summed E-state index contributed by atoms with van der Waals surface area (Å²) in [6.45, 7) is 5.49. The first kappa shape index (κ1) is 19.4. The third-order valence-corrected chi connectivity index (χ3v) is 3.27. The number of guanidine groups is 1. The molecule has 3 N–H and O–H groups in total. The van der Waals surface area contributed by atoms with Gasteiger partial charge in [-0.25, -0.2) is 0 Å². The summed E-state index contributed by atoms with van der Waals surface area (Å²) >= 11 is 0. The Morgan fingerprint density at radius 3 is 2.78 bits per heavy atom. The molecule has 0 saturated carbocycles. The van der Waals surface area contributed by atoms with Crippen LogP contribution in [0.2, 0.25) is 0 Å². The van der Waals surface area contributed by atoms with Gasteiger partial charge in [0.15, 0.2) is 5.96 Å². The van der Waals surface area contributed by atoms with Crippen molar-refractivity contribution in [1.29, 1.82) is 0 Å². The smallest absolute Gasteiger partial charge is 0.231 e. The fourth-order valence-corrected chi connectivity index (χ4v) is 1.90. The number of rotatable bonds is 7. The normalized spacial score (nSPS) is 12.5. The molecule has 1 heterocycles. The first-order valence-corrected chi connectivity index (χ1v) is 7.63. The van der Waals surface area contributed by atoms with Gasteiger partial charge in [0.1, 0.15) is 0 Å². The molecule has 2 rings (SSSR count). The van der Waals surface area contributed by atoms with E-state index in [-0.39, 0.29) is 29.9 Å². The number of benzene rings is 1. The molecular formula is C16H24IN5O. The van der Waals surface area contributed by atoms with Crippen molar-refractivity contribution in [2.24, 2.45) is 10.7 Å². The van der Waals surface area contributed by atoms with Crippen LogP contribution in [0.15, 0.2) is 39.8 Å². The van der Waals surface area contributed by atoms with Crippen LogP contribution in [0.3, 0.4) is 0 Å². The van der Waals surface area contributed by atoms with Gasteiger partial charge in [-0.2, -0.15) is 4.98 Å². The molecule has 1 aromatic heterocycles. The molecule has 0 fully saturated rings. The Kier molecular flexibility index (Phi) is 8.60. The topological polar surface area (TPSA) is 89.3 Å². The SMILES string of the molecule is CCCCNC(N)=NCC(C)c1nc(-c2ccccc2)no1.I. The Balaban J connectivity index is 0.00000264. The van der Waals surface area contributed by atoms with Crippen LogP contribution in [0, 0.1) is 0 Å². The zero-order chi connectivity index (χ0) is 15.8. The van der Waals surface area contributed by atoms with Gasteiger partial charge < -0.3 is 15.6 Å². The van der Waals surface area contributed by atoms with E-state index in [0.29, 0.717) is 24.2 Å². The quantitative estimate of drug-likeness (QED) is 0.306. The molecule has 0 spiro atoms. The van der Waals surface area contributed by atoms with Crippen LogP contribution in [0.4, 0.5) is 0 Å². The van der Waals surface area contributed by atoms with E-state index in [1.807, 2.05) is 37.3 Å². The van der Waals surface area contributed by atoms with Crippen molar-refractivity contribution < 1.29 is 4.52 Å². The highest BCUT2D eigenvalue weighted by Crippen LogP contribution is 2.19. The Morgan fingerprint density at radius 2 is 2.09 bits per heavy atom. The van der Waals surface area contributed by atoms with Crippen molar-refractivity contribution in [3.8, 4) is 11.4 Å². The number of aromatic nitrogens is 2. The molecule has 2 aromatic rings. The summed E-state index contributed by atoms with van der Waals surface area (Å²) in [5.74, 6) is 1.66. The van der Waals surface area contributed by atoms with Crippen LogP contribution < -0.4 is 11.1 Å². The molecule has 0 saturated heterocycles. The zero-order valence-corrected chi connectivity index (χ0v) is 15.9. The third-order valence-electron chi connectivity index (χ3n) is 3.27. The van der Waals surface area contributed by atoms with Gasteiger partial charge in [-0.15, -0.1) is 24.0 Å². The number of hydrogen-bond donors (Lipinski definition) is 2. The molecule has 7 heteroatoms. The highest BCUT2D eigenvalue weighted by molar-refractivity contribution is 14.0. The summed E-state index contributed by atoms with van der Waals surface area (Å²) in [7, 11) is 0. The summed E-state index contributed by atoms with van der Waals surface area (Å²) in [6.07, 6.45) is 2.21. The summed E-state index contributed by atoms with van der Waals surface area (Å²) in [6, 6.07) is 9.75. The van der Waals surface area contributed by atoms with Gasteiger partial charge in [0.2, 0.25) is 11.7 Å². The van der Waals surface area contributed by atoms with E-state index in [0.717, 1.165) is 24.9 Å². The molecule has 1 unspecified atom stereocenters. The Morgan fingerprint density at radius 1 is 1.35 bits per heavy atom. The minimum absolute atomic E-state index is 0.